The molecule has 1 aromatic rings. The summed E-state index contributed by atoms with van der Waals surface area (Å²) in [6, 6.07) is 5.80. The topological polar surface area (TPSA) is 17.1 Å². The maximum absolute atomic E-state index is 11.1. The average Bonchev–Trinajstić information content (AvgIpc) is 2.18. The third-order valence-corrected chi connectivity index (χ3v) is 3.16. The lowest BCUT2D eigenvalue weighted by Crippen LogP contribution is -2.03. The van der Waals surface area contributed by atoms with Crippen molar-refractivity contribution in [1.29, 1.82) is 0 Å². The Morgan fingerprint density at radius 1 is 1.50 bits per heavy atom. The fourth-order valence-electron chi connectivity index (χ4n) is 1.11. The molecular weight excluding hydrogens is 284 g/mol. The molecule has 0 aromatic heterocycles. The Labute approximate surface area is 102 Å². The Kier molecular flexibility index (Phi) is 4.99. The highest BCUT2D eigenvalue weighted by Gasteiger charge is 2.04. The molecule has 1 rings (SSSR count). The molecule has 1 aromatic carbocycles. The summed E-state index contributed by atoms with van der Waals surface area (Å²) in [4.78, 5) is 12.0. The van der Waals surface area contributed by atoms with Crippen LogP contribution < -0.4 is 0 Å². The Hall–Kier alpha value is 0.01000. The first-order valence-electron chi connectivity index (χ1n) is 4.11. The van der Waals surface area contributed by atoms with E-state index in [1.807, 2.05) is 18.2 Å². The molecule has 0 aliphatic rings. The number of benzene rings is 1. The molecule has 4 heteroatoms. The van der Waals surface area contributed by atoms with Crippen LogP contribution in [0.2, 0.25) is 0 Å². The number of carbonyl (C=O) groups is 1. The number of halogens is 2. The van der Waals surface area contributed by atoms with E-state index in [0.29, 0.717) is 6.42 Å². The van der Waals surface area contributed by atoms with Crippen molar-refractivity contribution in [1.82, 2.24) is 0 Å². The van der Waals surface area contributed by atoms with E-state index in [1.165, 1.54) is 0 Å². The van der Waals surface area contributed by atoms with Crippen molar-refractivity contribution in [3.05, 3.63) is 29.3 Å². The highest BCUT2D eigenvalue weighted by molar-refractivity contribution is 9.08. The largest absolute Gasteiger partial charge is 0.298 e. The number of carbonyl (C=O) groups excluding carboxylic acids is 1. The minimum Gasteiger partial charge on any atom is -0.298 e. The zero-order chi connectivity index (χ0) is 10.6. The first-order valence-corrected chi connectivity index (χ1v) is 6.22. The van der Waals surface area contributed by atoms with Gasteiger partial charge >= 0.3 is 0 Å². The average molecular weight is 294 g/mol. The van der Waals surface area contributed by atoms with E-state index in [2.05, 4.69) is 28.6 Å². The Morgan fingerprint density at radius 2 is 2.21 bits per heavy atom. The molecule has 0 N–H and O–H groups in total. The van der Waals surface area contributed by atoms with Crippen molar-refractivity contribution in [2.75, 3.05) is 5.88 Å². The van der Waals surface area contributed by atoms with Gasteiger partial charge in [-0.3, -0.25) is 4.79 Å². The van der Waals surface area contributed by atoms with Crippen molar-refractivity contribution in [3.63, 3.8) is 0 Å². The van der Waals surface area contributed by atoms with Crippen molar-refractivity contribution >= 4 is 45.9 Å². The van der Waals surface area contributed by atoms with E-state index in [4.69, 9.17) is 11.6 Å². The standard InChI is InChI=1S/C10H10BrClOS/c11-5-8-2-1-7(4-10(8)14)3-9(13)6-12/h1-2,4,14H,3,5-6H2. The van der Waals surface area contributed by atoms with Gasteiger partial charge in [0.15, 0.2) is 5.78 Å². The van der Waals surface area contributed by atoms with Crippen molar-refractivity contribution in [3.8, 4) is 0 Å². The van der Waals surface area contributed by atoms with E-state index in [9.17, 15) is 4.79 Å². The second-order valence-electron chi connectivity index (χ2n) is 2.95. The summed E-state index contributed by atoms with van der Waals surface area (Å²) in [7, 11) is 0. The lowest BCUT2D eigenvalue weighted by atomic mass is 10.1. The van der Waals surface area contributed by atoms with Gasteiger partial charge in [-0.2, -0.15) is 0 Å². The zero-order valence-electron chi connectivity index (χ0n) is 7.46. The molecule has 0 saturated heterocycles. The summed E-state index contributed by atoms with van der Waals surface area (Å²) < 4.78 is 0. The van der Waals surface area contributed by atoms with Crippen LogP contribution in [0.1, 0.15) is 11.1 Å². The number of hydrogen-bond donors (Lipinski definition) is 1. The first kappa shape index (κ1) is 12.1. The van der Waals surface area contributed by atoms with Crippen LogP contribution in [0.25, 0.3) is 0 Å². The second-order valence-corrected chi connectivity index (χ2v) is 4.26. The van der Waals surface area contributed by atoms with Gasteiger partial charge in [0.25, 0.3) is 0 Å². The maximum atomic E-state index is 11.1. The molecule has 0 atom stereocenters. The van der Waals surface area contributed by atoms with Crippen LogP contribution in [-0.2, 0) is 16.5 Å². The van der Waals surface area contributed by atoms with E-state index < -0.39 is 0 Å². The van der Waals surface area contributed by atoms with Crippen LogP contribution >= 0.6 is 40.2 Å². The lowest BCUT2D eigenvalue weighted by molar-refractivity contribution is -0.116. The molecule has 0 amide bonds. The van der Waals surface area contributed by atoms with Gasteiger partial charge in [-0.15, -0.1) is 24.2 Å². The van der Waals surface area contributed by atoms with Crippen LogP contribution in [0.5, 0.6) is 0 Å². The molecule has 76 valence electrons. The Balaban J connectivity index is 2.81. The Bertz CT molecular complexity index is 341. The van der Waals surface area contributed by atoms with Gasteiger partial charge in [0, 0.05) is 16.6 Å². The molecule has 0 aliphatic carbocycles. The minimum atomic E-state index is 0.0333. The molecule has 0 spiro atoms. The van der Waals surface area contributed by atoms with E-state index >= 15 is 0 Å². The second kappa shape index (κ2) is 5.79. The highest BCUT2D eigenvalue weighted by Crippen LogP contribution is 2.19. The molecule has 0 saturated carbocycles. The normalized spacial score (nSPS) is 10.2. The molecule has 1 nitrogen and oxygen atoms in total. The van der Waals surface area contributed by atoms with E-state index in [0.717, 1.165) is 21.4 Å². The number of thiol groups is 1. The molecular formula is C10H10BrClOS. The summed E-state index contributed by atoms with van der Waals surface area (Å²) in [5, 5.41) is 0.773. The maximum Gasteiger partial charge on any atom is 0.151 e. The number of Topliss-reactive ketones (excluding diaryl/α,β-unsaturated/α-hetero) is 1. The fourth-order valence-corrected chi connectivity index (χ4v) is 2.23. The van der Waals surface area contributed by atoms with Crippen LogP contribution in [0, 0.1) is 0 Å². The summed E-state index contributed by atoms with van der Waals surface area (Å²) >= 11 is 13.1. The van der Waals surface area contributed by atoms with Gasteiger partial charge < -0.3 is 0 Å². The number of rotatable bonds is 4. The third-order valence-electron chi connectivity index (χ3n) is 1.84. The van der Waals surface area contributed by atoms with Gasteiger partial charge in [-0.1, -0.05) is 28.1 Å². The highest BCUT2D eigenvalue weighted by atomic mass is 79.9. The summed E-state index contributed by atoms with van der Waals surface area (Å²) in [6.45, 7) is 0. The monoisotopic (exact) mass is 292 g/mol. The van der Waals surface area contributed by atoms with Crippen molar-refractivity contribution in [2.45, 2.75) is 16.6 Å². The predicted octanol–water partition coefficient (Wildman–Crippen LogP) is 3.22. The zero-order valence-corrected chi connectivity index (χ0v) is 10.7. The van der Waals surface area contributed by atoms with Gasteiger partial charge in [0.1, 0.15) is 0 Å². The quantitative estimate of drug-likeness (QED) is 0.666. The SMILES string of the molecule is O=C(CCl)Cc1ccc(CBr)c(S)c1. The molecule has 0 fully saturated rings. The van der Waals surface area contributed by atoms with Crippen LogP contribution in [0.15, 0.2) is 23.1 Å². The molecule has 0 radical (unpaired) electrons. The number of alkyl halides is 2. The van der Waals surface area contributed by atoms with E-state index in [1.54, 1.807) is 0 Å². The van der Waals surface area contributed by atoms with Crippen LogP contribution in [-0.4, -0.2) is 11.7 Å². The first-order chi connectivity index (χ1) is 6.67. The van der Waals surface area contributed by atoms with Crippen molar-refractivity contribution in [2.24, 2.45) is 0 Å². The van der Waals surface area contributed by atoms with E-state index in [-0.39, 0.29) is 11.7 Å². The van der Waals surface area contributed by atoms with Gasteiger partial charge in [-0.25, -0.2) is 0 Å². The smallest absolute Gasteiger partial charge is 0.151 e. The summed E-state index contributed by atoms with van der Waals surface area (Å²) in [6.07, 6.45) is 0.389. The lowest BCUT2D eigenvalue weighted by Gasteiger charge is -2.04. The van der Waals surface area contributed by atoms with Gasteiger partial charge in [0.2, 0.25) is 0 Å². The molecule has 0 unspecified atom stereocenters. The molecule has 0 bridgehead atoms. The van der Waals surface area contributed by atoms with Crippen molar-refractivity contribution < 1.29 is 4.79 Å². The molecule has 0 aliphatic heterocycles. The summed E-state index contributed by atoms with van der Waals surface area (Å²) in [5.41, 5.74) is 2.08. The predicted molar refractivity (Wildman–Crippen MR) is 65.8 cm³/mol. The minimum absolute atomic E-state index is 0.0333. The molecule has 14 heavy (non-hydrogen) atoms. The van der Waals surface area contributed by atoms with Crippen LogP contribution in [0.3, 0.4) is 0 Å². The number of ketones is 1. The van der Waals surface area contributed by atoms with Gasteiger partial charge in [-0.05, 0) is 17.2 Å². The molecule has 0 heterocycles. The Morgan fingerprint density at radius 3 is 2.71 bits per heavy atom. The van der Waals surface area contributed by atoms with Gasteiger partial charge in [0.05, 0.1) is 5.88 Å². The third kappa shape index (κ3) is 3.30. The van der Waals surface area contributed by atoms with Crippen LogP contribution in [0.4, 0.5) is 0 Å². The fraction of sp³-hybridized carbons (Fsp3) is 0.300. The summed E-state index contributed by atoms with van der Waals surface area (Å²) in [5.74, 6) is 0.105. The number of hydrogen-bond acceptors (Lipinski definition) is 2.